The molecule has 0 saturated carbocycles. The summed E-state index contributed by atoms with van der Waals surface area (Å²) < 4.78 is 5.11. The van der Waals surface area contributed by atoms with Gasteiger partial charge < -0.3 is 10.5 Å². The minimum Gasteiger partial charge on any atom is -0.497 e. The number of ether oxygens (including phenoxy) is 1. The van der Waals surface area contributed by atoms with Crippen LogP contribution in [0.25, 0.3) is 21.9 Å². The Bertz CT molecular complexity index is 1240. The number of amides is 2. The third kappa shape index (κ3) is 4.48. The molecule has 4 aromatic rings. The number of nitrogens with one attached hydrogen (secondary N) is 3. The Kier molecular flexibility index (Phi) is 5.53. The molecular formula is C23H22N6O2. The summed E-state index contributed by atoms with van der Waals surface area (Å²) in [4.78, 5) is 20.8. The van der Waals surface area contributed by atoms with E-state index in [1.807, 2.05) is 31.3 Å². The first-order valence-electron chi connectivity index (χ1n) is 9.61. The van der Waals surface area contributed by atoms with E-state index < -0.39 is 6.03 Å². The molecule has 0 saturated heterocycles. The number of aromatic nitrogens is 2. The first kappa shape index (κ1) is 20.0. The molecule has 0 aliphatic carbocycles. The van der Waals surface area contributed by atoms with Crippen molar-refractivity contribution < 1.29 is 9.53 Å². The molecule has 4 rings (SSSR count). The highest BCUT2D eigenvalue weighted by Crippen LogP contribution is 2.31. The predicted octanol–water partition coefficient (Wildman–Crippen LogP) is 4.34. The Morgan fingerprint density at radius 3 is 2.61 bits per heavy atom. The van der Waals surface area contributed by atoms with Crippen LogP contribution in [-0.4, -0.2) is 23.1 Å². The summed E-state index contributed by atoms with van der Waals surface area (Å²) in [5, 5.41) is 4.40. The maximum absolute atomic E-state index is 12.3. The van der Waals surface area contributed by atoms with E-state index >= 15 is 0 Å². The van der Waals surface area contributed by atoms with Crippen LogP contribution < -0.4 is 26.6 Å². The molecule has 2 amide bonds. The van der Waals surface area contributed by atoms with Crippen LogP contribution in [0.5, 0.6) is 5.75 Å². The molecule has 0 spiro atoms. The third-order valence-electron chi connectivity index (χ3n) is 4.87. The van der Waals surface area contributed by atoms with Gasteiger partial charge in [-0.1, -0.05) is 0 Å². The number of pyridine rings is 2. The lowest BCUT2D eigenvalue weighted by Gasteiger charge is -2.12. The molecule has 0 fully saturated rings. The average Bonchev–Trinajstić information content (AvgIpc) is 2.78. The standard InChI is InChI=1S/C23H22N6O2/c1-14-7-8-25-12-19(14)15-9-16-11-22(26-13-20(16)21(24)10-15)27-23(30)29-28-17-3-5-18(31-2)6-4-17/h3-13,28H,24H2,1-2H3,(H2,26,27,29,30). The zero-order valence-electron chi connectivity index (χ0n) is 17.1. The van der Waals surface area contributed by atoms with Crippen molar-refractivity contribution in [2.24, 2.45) is 0 Å². The number of rotatable bonds is 5. The molecule has 156 valence electrons. The number of carbonyl (C=O) groups is 1. The quantitative estimate of drug-likeness (QED) is 0.285. The number of carbonyl (C=O) groups excluding carboxylic acids is 1. The molecule has 2 heterocycles. The smallest absolute Gasteiger partial charge is 0.339 e. The topological polar surface area (TPSA) is 114 Å². The van der Waals surface area contributed by atoms with E-state index in [1.165, 1.54) is 0 Å². The van der Waals surface area contributed by atoms with E-state index in [9.17, 15) is 4.79 Å². The van der Waals surface area contributed by atoms with Gasteiger partial charge in [-0.2, -0.15) is 0 Å². The van der Waals surface area contributed by atoms with Gasteiger partial charge in [-0.05, 0) is 72.0 Å². The van der Waals surface area contributed by atoms with Crippen LogP contribution >= 0.6 is 0 Å². The number of aryl methyl sites for hydroxylation is 1. The van der Waals surface area contributed by atoms with E-state index in [-0.39, 0.29) is 0 Å². The van der Waals surface area contributed by atoms with Gasteiger partial charge in [0.25, 0.3) is 0 Å². The summed E-state index contributed by atoms with van der Waals surface area (Å²) >= 11 is 0. The maximum atomic E-state index is 12.3. The number of nitrogens with zero attached hydrogens (tertiary/aromatic N) is 2. The van der Waals surface area contributed by atoms with Gasteiger partial charge in [-0.25, -0.2) is 9.78 Å². The summed E-state index contributed by atoms with van der Waals surface area (Å²) in [5.41, 5.74) is 16.0. The van der Waals surface area contributed by atoms with Crippen molar-refractivity contribution in [1.82, 2.24) is 15.4 Å². The van der Waals surface area contributed by atoms with E-state index in [0.717, 1.165) is 33.2 Å². The van der Waals surface area contributed by atoms with E-state index in [2.05, 4.69) is 26.1 Å². The van der Waals surface area contributed by atoms with E-state index in [4.69, 9.17) is 10.5 Å². The lowest BCUT2D eigenvalue weighted by atomic mass is 9.99. The van der Waals surface area contributed by atoms with Crippen LogP contribution in [0.1, 0.15) is 5.56 Å². The number of anilines is 3. The van der Waals surface area contributed by atoms with Gasteiger partial charge in [-0.15, -0.1) is 0 Å². The molecule has 8 heteroatoms. The minimum atomic E-state index is -0.449. The monoisotopic (exact) mass is 414 g/mol. The maximum Gasteiger partial charge on any atom is 0.339 e. The lowest BCUT2D eigenvalue weighted by molar-refractivity contribution is 0.253. The number of nitrogen functional groups attached to an aromatic ring is 1. The van der Waals surface area contributed by atoms with Gasteiger partial charge in [0.05, 0.1) is 12.8 Å². The van der Waals surface area contributed by atoms with E-state index in [0.29, 0.717) is 17.2 Å². The molecule has 0 unspecified atom stereocenters. The highest BCUT2D eigenvalue weighted by Gasteiger charge is 2.09. The Balaban J connectivity index is 1.51. The van der Waals surface area contributed by atoms with Crippen LogP contribution in [-0.2, 0) is 0 Å². The van der Waals surface area contributed by atoms with E-state index in [1.54, 1.807) is 49.8 Å². The SMILES string of the molecule is COc1ccc(NNC(=O)Nc2cc3cc(-c4cnccc4C)cc(N)c3cn2)cc1. The van der Waals surface area contributed by atoms with Gasteiger partial charge in [0.1, 0.15) is 11.6 Å². The first-order valence-corrected chi connectivity index (χ1v) is 9.61. The Labute approximate surface area is 179 Å². The van der Waals surface area contributed by atoms with Gasteiger partial charge in [0, 0.05) is 35.2 Å². The Morgan fingerprint density at radius 1 is 1.06 bits per heavy atom. The second kappa shape index (κ2) is 8.58. The number of hydrazine groups is 1. The second-order valence-electron chi connectivity index (χ2n) is 6.98. The van der Waals surface area contributed by atoms with Gasteiger partial charge in [-0.3, -0.25) is 21.2 Å². The molecule has 0 radical (unpaired) electrons. The highest BCUT2D eigenvalue weighted by molar-refractivity contribution is 5.99. The van der Waals surface area contributed by atoms with Crippen LogP contribution in [0.2, 0.25) is 0 Å². The molecule has 0 atom stereocenters. The number of urea groups is 1. The molecular weight excluding hydrogens is 392 g/mol. The number of benzene rings is 2. The fourth-order valence-corrected chi connectivity index (χ4v) is 3.23. The zero-order chi connectivity index (χ0) is 21.8. The summed E-state index contributed by atoms with van der Waals surface area (Å²) in [5.74, 6) is 1.14. The molecule has 2 aromatic carbocycles. The summed E-state index contributed by atoms with van der Waals surface area (Å²) in [7, 11) is 1.60. The number of fused-ring (bicyclic) bond motifs is 1. The molecule has 8 nitrogen and oxygen atoms in total. The molecule has 2 aromatic heterocycles. The lowest BCUT2D eigenvalue weighted by Crippen LogP contribution is -2.33. The van der Waals surface area contributed by atoms with Crippen molar-refractivity contribution in [3.05, 3.63) is 72.7 Å². The molecule has 0 bridgehead atoms. The summed E-state index contributed by atoms with van der Waals surface area (Å²) in [6, 6.07) is 14.4. The van der Waals surface area contributed by atoms with Crippen molar-refractivity contribution in [2.45, 2.75) is 6.92 Å². The van der Waals surface area contributed by atoms with Crippen molar-refractivity contribution in [3.63, 3.8) is 0 Å². The molecule has 31 heavy (non-hydrogen) atoms. The summed E-state index contributed by atoms with van der Waals surface area (Å²) in [6.07, 6.45) is 5.22. The zero-order valence-corrected chi connectivity index (χ0v) is 17.1. The highest BCUT2D eigenvalue weighted by atomic mass is 16.5. The predicted molar refractivity (Wildman–Crippen MR) is 123 cm³/mol. The fraction of sp³-hybridized carbons (Fsp3) is 0.0870. The Hall–Kier alpha value is -4.33. The molecule has 5 N–H and O–H groups in total. The summed E-state index contributed by atoms with van der Waals surface area (Å²) in [6.45, 7) is 2.02. The minimum absolute atomic E-state index is 0.404. The number of hydrogen-bond acceptors (Lipinski definition) is 6. The van der Waals surface area contributed by atoms with Crippen LogP contribution in [0.4, 0.5) is 22.0 Å². The fourth-order valence-electron chi connectivity index (χ4n) is 3.23. The van der Waals surface area contributed by atoms with Gasteiger partial charge in [0.2, 0.25) is 0 Å². The van der Waals surface area contributed by atoms with Crippen LogP contribution in [0, 0.1) is 6.92 Å². The van der Waals surface area contributed by atoms with Crippen molar-refractivity contribution in [1.29, 1.82) is 0 Å². The van der Waals surface area contributed by atoms with Gasteiger partial charge >= 0.3 is 6.03 Å². The molecule has 0 aliphatic heterocycles. The van der Waals surface area contributed by atoms with Crippen molar-refractivity contribution >= 4 is 34.0 Å². The van der Waals surface area contributed by atoms with Crippen molar-refractivity contribution in [2.75, 3.05) is 23.6 Å². The third-order valence-corrected chi connectivity index (χ3v) is 4.87. The number of nitrogens with two attached hydrogens (primary N) is 1. The second-order valence-corrected chi connectivity index (χ2v) is 6.98. The average molecular weight is 414 g/mol. The molecule has 0 aliphatic rings. The number of hydrogen-bond donors (Lipinski definition) is 4. The van der Waals surface area contributed by atoms with Crippen LogP contribution in [0.3, 0.4) is 0 Å². The van der Waals surface area contributed by atoms with Gasteiger partial charge in [0.15, 0.2) is 0 Å². The normalized spacial score (nSPS) is 10.5. The largest absolute Gasteiger partial charge is 0.497 e. The number of methoxy groups -OCH3 is 1. The van der Waals surface area contributed by atoms with Crippen molar-refractivity contribution in [3.8, 4) is 16.9 Å². The first-order chi connectivity index (χ1) is 15.0. The van der Waals surface area contributed by atoms with Crippen LogP contribution in [0.15, 0.2) is 67.1 Å². The Morgan fingerprint density at radius 2 is 1.87 bits per heavy atom.